The molecule has 2 N–H and O–H groups in total. The molecule has 0 aromatic heterocycles. The summed E-state index contributed by atoms with van der Waals surface area (Å²) in [6.45, 7) is 5.13. The van der Waals surface area contributed by atoms with E-state index in [1.54, 1.807) is 0 Å². The first kappa shape index (κ1) is 13.4. The van der Waals surface area contributed by atoms with Crippen LogP contribution in [0.4, 0.5) is 0 Å². The van der Waals surface area contributed by atoms with E-state index in [4.69, 9.17) is 0 Å². The fraction of sp³-hybridized carbons (Fsp3) is 0.938. The van der Waals surface area contributed by atoms with Gasteiger partial charge in [-0.25, -0.2) is 0 Å². The van der Waals surface area contributed by atoms with Crippen molar-refractivity contribution < 1.29 is 4.79 Å². The van der Waals surface area contributed by atoms with Gasteiger partial charge in [-0.3, -0.25) is 4.79 Å². The summed E-state index contributed by atoms with van der Waals surface area (Å²) in [5.74, 6) is 0.933. The van der Waals surface area contributed by atoms with Crippen LogP contribution in [0.25, 0.3) is 0 Å². The number of rotatable bonds is 4. The number of nitrogens with one attached hydrogen (secondary N) is 2. The van der Waals surface area contributed by atoms with Crippen LogP contribution in [0.5, 0.6) is 0 Å². The zero-order valence-corrected chi connectivity index (χ0v) is 12.3. The largest absolute Gasteiger partial charge is 0.355 e. The van der Waals surface area contributed by atoms with Crippen molar-refractivity contribution in [3.8, 4) is 0 Å². The molecule has 3 aliphatic rings. The second-order valence-electron chi connectivity index (χ2n) is 7.12. The predicted molar refractivity (Wildman–Crippen MR) is 76.8 cm³/mol. The van der Waals surface area contributed by atoms with E-state index in [2.05, 4.69) is 17.6 Å². The lowest BCUT2D eigenvalue weighted by molar-refractivity contribution is -0.135. The van der Waals surface area contributed by atoms with Crippen molar-refractivity contribution in [1.29, 1.82) is 0 Å². The zero-order chi connectivity index (χ0) is 13.3. The first-order valence-electron chi connectivity index (χ1n) is 8.20. The van der Waals surface area contributed by atoms with E-state index in [1.807, 2.05) is 0 Å². The fourth-order valence-electron chi connectivity index (χ4n) is 4.47. The Morgan fingerprint density at radius 3 is 2.79 bits per heavy atom. The number of carbonyl (C=O) groups excluding carboxylic acids is 1. The minimum atomic E-state index is -0.0725. The summed E-state index contributed by atoms with van der Waals surface area (Å²) < 4.78 is 0. The summed E-state index contributed by atoms with van der Waals surface area (Å²) in [6.07, 6.45) is 10.0. The third-order valence-electron chi connectivity index (χ3n) is 6.28. The molecule has 0 spiro atoms. The maximum absolute atomic E-state index is 12.8. The zero-order valence-electron chi connectivity index (χ0n) is 12.3. The molecule has 19 heavy (non-hydrogen) atoms. The smallest absolute Gasteiger partial charge is 0.227 e. The van der Waals surface area contributed by atoms with E-state index in [1.165, 1.54) is 44.9 Å². The molecule has 3 nitrogen and oxygen atoms in total. The molecule has 1 heterocycles. The molecular formula is C16H28N2O. The van der Waals surface area contributed by atoms with Gasteiger partial charge in [0.1, 0.15) is 0 Å². The Balaban J connectivity index is 1.62. The summed E-state index contributed by atoms with van der Waals surface area (Å²) in [5, 5.41) is 6.79. The van der Waals surface area contributed by atoms with Gasteiger partial charge < -0.3 is 10.6 Å². The molecule has 1 saturated heterocycles. The van der Waals surface area contributed by atoms with Crippen LogP contribution in [0.15, 0.2) is 0 Å². The number of hydrogen-bond donors (Lipinski definition) is 2. The van der Waals surface area contributed by atoms with Gasteiger partial charge in [0.2, 0.25) is 5.91 Å². The lowest BCUT2D eigenvalue weighted by Gasteiger charge is -2.43. The molecule has 2 aliphatic carbocycles. The molecule has 3 rings (SSSR count). The monoisotopic (exact) mass is 264 g/mol. The molecule has 1 aliphatic heterocycles. The summed E-state index contributed by atoms with van der Waals surface area (Å²) in [5.41, 5.74) is 0.361. The number of hydrogen-bond acceptors (Lipinski definition) is 2. The third kappa shape index (κ3) is 2.20. The van der Waals surface area contributed by atoms with E-state index in [-0.39, 0.29) is 5.41 Å². The van der Waals surface area contributed by atoms with Crippen molar-refractivity contribution in [2.45, 2.75) is 58.3 Å². The van der Waals surface area contributed by atoms with Gasteiger partial charge in [0.15, 0.2) is 0 Å². The van der Waals surface area contributed by atoms with Crippen molar-refractivity contribution in [2.24, 2.45) is 16.7 Å². The Bertz CT molecular complexity index is 345. The van der Waals surface area contributed by atoms with Crippen LogP contribution in [0.2, 0.25) is 0 Å². The van der Waals surface area contributed by atoms with E-state index in [0.717, 1.165) is 26.1 Å². The van der Waals surface area contributed by atoms with Gasteiger partial charge in [-0.15, -0.1) is 0 Å². The summed E-state index contributed by atoms with van der Waals surface area (Å²) in [4.78, 5) is 12.8. The number of amides is 1. The Morgan fingerprint density at radius 2 is 2.11 bits per heavy atom. The summed E-state index contributed by atoms with van der Waals surface area (Å²) in [7, 11) is 0. The topological polar surface area (TPSA) is 41.1 Å². The van der Waals surface area contributed by atoms with Crippen molar-refractivity contribution in [3.05, 3.63) is 0 Å². The van der Waals surface area contributed by atoms with E-state index >= 15 is 0 Å². The number of carbonyl (C=O) groups is 1. The van der Waals surface area contributed by atoms with E-state index in [9.17, 15) is 4.79 Å². The molecule has 0 radical (unpaired) electrons. The maximum Gasteiger partial charge on any atom is 0.227 e. The summed E-state index contributed by atoms with van der Waals surface area (Å²) in [6, 6.07) is 0. The van der Waals surface area contributed by atoms with Crippen molar-refractivity contribution in [2.75, 3.05) is 19.6 Å². The molecule has 1 amide bonds. The average molecular weight is 264 g/mol. The highest BCUT2D eigenvalue weighted by atomic mass is 16.2. The van der Waals surface area contributed by atoms with E-state index < -0.39 is 0 Å². The maximum atomic E-state index is 12.8. The molecule has 2 atom stereocenters. The molecule has 2 saturated carbocycles. The van der Waals surface area contributed by atoms with Crippen LogP contribution < -0.4 is 10.6 Å². The lowest BCUT2D eigenvalue weighted by Crippen LogP contribution is -2.51. The molecule has 108 valence electrons. The van der Waals surface area contributed by atoms with Crippen molar-refractivity contribution >= 4 is 5.91 Å². The van der Waals surface area contributed by atoms with Gasteiger partial charge in [0.25, 0.3) is 0 Å². The van der Waals surface area contributed by atoms with Crippen LogP contribution >= 0.6 is 0 Å². The third-order valence-corrected chi connectivity index (χ3v) is 6.28. The Hall–Kier alpha value is -0.570. The molecule has 0 aromatic carbocycles. The van der Waals surface area contributed by atoms with Gasteiger partial charge in [0, 0.05) is 13.1 Å². The number of fused-ring (bicyclic) bond motifs is 1. The molecule has 0 aromatic rings. The Kier molecular flexibility index (Phi) is 3.59. The SMILES string of the molecule is CCC1(CNC(=O)[C@@]23CCCC[C@H]2CNC3)CCC1. The van der Waals surface area contributed by atoms with Gasteiger partial charge in [0.05, 0.1) is 5.41 Å². The quantitative estimate of drug-likeness (QED) is 0.819. The molecule has 0 bridgehead atoms. The van der Waals surface area contributed by atoms with Crippen molar-refractivity contribution in [1.82, 2.24) is 10.6 Å². The minimum absolute atomic E-state index is 0.0725. The Labute approximate surface area is 116 Å². The average Bonchev–Trinajstić information content (AvgIpc) is 2.82. The molecule has 3 heteroatoms. The lowest BCUT2D eigenvalue weighted by atomic mass is 9.65. The highest BCUT2D eigenvalue weighted by Crippen LogP contribution is 2.45. The second kappa shape index (κ2) is 5.08. The highest BCUT2D eigenvalue weighted by molar-refractivity contribution is 5.84. The van der Waals surface area contributed by atoms with Crippen LogP contribution in [-0.2, 0) is 4.79 Å². The highest BCUT2D eigenvalue weighted by Gasteiger charge is 2.50. The normalized spacial score (nSPS) is 36.4. The Morgan fingerprint density at radius 1 is 1.26 bits per heavy atom. The van der Waals surface area contributed by atoms with Crippen LogP contribution in [0.3, 0.4) is 0 Å². The molecular weight excluding hydrogens is 236 g/mol. The van der Waals surface area contributed by atoms with Crippen LogP contribution in [-0.4, -0.2) is 25.5 Å². The van der Waals surface area contributed by atoms with Gasteiger partial charge >= 0.3 is 0 Å². The van der Waals surface area contributed by atoms with Gasteiger partial charge in [-0.1, -0.05) is 26.2 Å². The fourth-order valence-corrected chi connectivity index (χ4v) is 4.47. The van der Waals surface area contributed by atoms with Crippen LogP contribution in [0.1, 0.15) is 58.3 Å². The molecule has 3 fully saturated rings. The molecule has 0 unspecified atom stereocenters. The first-order chi connectivity index (χ1) is 9.21. The van der Waals surface area contributed by atoms with Crippen LogP contribution in [0, 0.1) is 16.7 Å². The van der Waals surface area contributed by atoms with Crippen molar-refractivity contribution in [3.63, 3.8) is 0 Å². The minimum Gasteiger partial charge on any atom is -0.355 e. The standard InChI is InChI=1S/C16H28N2O/c1-2-15(7-5-8-15)11-18-14(19)16-9-4-3-6-13(16)10-17-12-16/h13,17H,2-12H2,1H3,(H,18,19)/t13-,16+/m0/s1. The van der Waals surface area contributed by atoms with Gasteiger partial charge in [-0.2, -0.15) is 0 Å². The van der Waals surface area contributed by atoms with Gasteiger partial charge in [-0.05, 0) is 50.0 Å². The summed E-state index contributed by atoms with van der Waals surface area (Å²) >= 11 is 0. The first-order valence-corrected chi connectivity index (χ1v) is 8.20. The second-order valence-corrected chi connectivity index (χ2v) is 7.12. The predicted octanol–water partition coefficient (Wildman–Crippen LogP) is 2.46. The van der Waals surface area contributed by atoms with E-state index in [0.29, 0.717) is 17.2 Å².